The highest BCUT2D eigenvalue weighted by atomic mass is 35.5. The zero-order chi connectivity index (χ0) is 14.2. The van der Waals surface area contributed by atoms with Crippen LogP contribution in [0, 0.1) is 0 Å². The van der Waals surface area contributed by atoms with Crippen molar-refractivity contribution in [3.05, 3.63) is 0 Å². The van der Waals surface area contributed by atoms with E-state index in [0.717, 1.165) is 0 Å². The Morgan fingerprint density at radius 3 is 1.95 bits per heavy atom. The van der Waals surface area contributed by atoms with Crippen LogP contribution in [0.1, 0.15) is 33.6 Å². The number of carbonyl (C=O) groups excluding carboxylic acids is 1. The average Bonchev–Trinajstić information content (AvgIpc) is 2.14. The van der Waals surface area contributed by atoms with E-state index in [1.54, 1.807) is 20.8 Å². The van der Waals surface area contributed by atoms with Crippen LogP contribution in [0.2, 0.25) is 0 Å². The fourth-order valence-corrected chi connectivity index (χ4v) is 1.70. The number of piperidine rings is 1. The molecule has 4 nitrogen and oxygen atoms in total. The summed E-state index contributed by atoms with van der Waals surface area (Å²) in [6.45, 7) is 5.04. The van der Waals surface area contributed by atoms with Gasteiger partial charge in [-0.05, 0) is 33.6 Å². The number of nitrogens with zero attached hydrogens (tertiary/aromatic N) is 1. The summed E-state index contributed by atoms with van der Waals surface area (Å²) in [7, 11) is 0. The van der Waals surface area contributed by atoms with Crippen molar-refractivity contribution >= 4 is 18.5 Å². The predicted octanol–water partition coefficient (Wildman–Crippen LogP) is 2.70. The molecule has 1 fully saturated rings. The zero-order valence-electron chi connectivity index (χ0n) is 11.2. The number of carbonyl (C=O) groups is 1. The smallest absolute Gasteiger partial charge is 0.410 e. The molecule has 8 heteroatoms. The molecule has 0 unspecified atom stereocenters. The molecule has 0 aromatic heterocycles. The van der Waals surface area contributed by atoms with E-state index in [1.807, 2.05) is 0 Å². The first-order valence-electron chi connectivity index (χ1n) is 5.78. The van der Waals surface area contributed by atoms with Gasteiger partial charge in [-0.2, -0.15) is 13.2 Å². The van der Waals surface area contributed by atoms with Crippen LogP contribution in [-0.4, -0.2) is 41.4 Å². The van der Waals surface area contributed by atoms with Crippen LogP contribution in [0.15, 0.2) is 0 Å². The highest BCUT2D eigenvalue weighted by molar-refractivity contribution is 5.85. The van der Waals surface area contributed by atoms with E-state index in [1.165, 1.54) is 4.90 Å². The Morgan fingerprint density at radius 2 is 1.63 bits per heavy atom. The number of alkyl halides is 3. The standard InChI is InChI=1S/C11H19F3N2O2.ClH/c1-9(2,3)18-8(17)16-6-4-10(15,5-7-16)11(12,13)14;/h4-7,15H2,1-3H3;1H. The second-order valence-corrected chi connectivity index (χ2v) is 5.62. The molecule has 114 valence electrons. The Kier molecular flexibility index (Phi) is 5.54. The van der Waals surface area contributed by atoms with Gasteiger partial charge in [-0.1, -0.05) is 0 Å². The summed E-state index contributed by atoms with van der Waals surface area (Å²) in [5, 5.41) is 0. The Bertz CT molecular complexity index is 321. The highest BCUT2D eigenvalue weighted by Crippen LogP contribution is 2.36. The van der Waals surface area contributed by atoms with E-state index in [-0.39, 0.29) is 38.3 Å². The third-order valence-electron chi connectivity index (χ3n) is 2.87. The van der Waals surface area contributed by atoms with Crippen LogP contribution in [0.25, 0.3) is 0 Å². The molecule has 0 spiro atoms. The van der Waals surface area contributed by atoms with Gasteiger partial charge in [0, 0.05) is 13.1 Å². The minimum Gasteiger partial charge on any atom is -0.444 e. The van der Waals surface area contributed by atoms with Gasteiger partial charge in [-0.15, -0.1) is 12.4 Å². The van der Waals surface area contributed by atoms with E-state index >= 15 is 0 Å². The number of nitrogens with two attached hydrogens (primary N) is 1. The van der Waals surface area contributed by atoms with Gasteiger partial charge >= 0.3 is 12.3 Å². The highest BCUT2D eigenvalue weighted by Gasteiger charge is 2.53. The monoisotopic (exact) mass is 304 g/mol. The number of likely N-dealkylation sites (tertiary alicyclic amines) is 1. The first kappa shape index (κ1) is 18.3. The molecule has 1 aliphatic heterocycles. The van der Waals surface area contributed by atoms with Crippen LogP contribution in [0.5, 0.6) is 0 Å². The summed E-state index contributed by atoms with van der Waals surface area (Å²) in [5.74, 6) is 0. The molecule has 1 saturated heterocycles. The van der Waals surface area contributed by atoms with Crippen LogP contribution in [0.4, 0.5) is 18.0 Å². The van der Waals surface area contributed by atoms with E-state index in [0.29, 0.717) is 0 Å². The lowest BCUT2D eigenvalue weighted by Crippen LogP contribution is -2.60. The largest absolute Gasteiger partial charge is 0.444 e. The molecule has 0 radical (unpaired) electrons. The quantitative estimate of drug-likeness (QED) is 0.748. The van der Waals surface area contributed by atoms with Gasteiger partial charge < -0.3 is 15.4 Å². The molecule has 1 heterocycles. The summed E-state index contributed by atoms with van der Waals surface area (Å²) in [5.41, 5.74) is 2.48. The number of hydrogen-bond donors (Lipinski definition) is 1. The molecule has 0 saturated carbocycles. The van der Waals surface area contributed by atoms with Crippen LogP contribution in [-0.2, 0) is 4.74 Å². The molecule has 0 aromatic rings. The number of hydrogen-bond acceptors (Lipinski definition) is 3. The molecule has 1 aliphatic rings. The van der Waals surface area contributed by atoms with E-state index < -0.39 is 23.4 Å². The molecule has 0 atom stereocenters. The third-order valence-corrected chi connectivity index (χ3v) is 2.87. The van der Waals surface area contributed by atoms with Crippen LogP contribution >= 0.6 is 12.4 Å². The lowest BCUT2D eigenvalue weighted by Gasteiger charge is -2.40. The second-order valence-electron chi connectivity index (χ2n) is 5.62. The lowest BCUT2D eigenvalue weighted by molar-refractivity contribution is -0.196. The Balaban J connectivity index is 0.00000324. The van der Waals surface area contributed by atoms with Gasteiger partial charge in [-0.3, -0.25) is 0 Å². The first-order valence-corrected chi connectivity index (χ1v) is 5.78. The topological polar surface area (TPSA) is 55.6 Å². The van der Waals surface area contributed by atoms with Crippen LogP contribution < -0.4 is 5.73 Å². The number of halogens is 4. The zero-order valence-corrected chi connectivity index (χ0v) is 12.0. The van der Waals surface area contributed by atoms with Crippen molar-refractivity contribution in [3.8, 4) is 0 Å². The molecule has 1 amide bonds. The van der Waals surface area contributed by atoms with Crippen molar-refractivity contribution in [1.29, 1.82) is 0 Å². The molecule has 2 N–H and O–H groups in total. The number of amides is 1. The molecule has 0 bridgehead atoms. The summed E-state index contributed by atoms with van der Waals surface area (Å²) >= 11 is 0. The fraction of sp³-hybridized carbons (Fsp3) is 0.909. The number of rotatable bonds is 0. The first-order chi connectivity index (χ1) is 7.95. The Morgan fingerprint density at radius 1 is 1.21 bits per heavy atom. The van der Waals surface area contributed by atoms with Crippen molar-refractivity contribution in [2.75, 3.05) is 13.1 Å². The fourth-order valence-electron chi connectivity index (χ4n) is 1.70. The third kappa shape index (κ3) is 4.72. The summed E-state index contributed by atoms with van der Waals surface area (Å²) in [6.07, 6.45) is -5.62. The Labute approximate surface area is 116 Å². The maximum absolute atomic E-state index is 12.7. The minimum atomic E-state index is -4.44. The van der Waals surface area contributed by atoms with Crippen molar-refractivity contribution in [1.82, 2.24) is 4.90 Å². The SMILES string of the molecule is CC(C)(C)OC(=O)N1CCC(N)(C(F)(F)F)CC1.Cl. The molecular formula is C11H20ClF3N2O2. The van der Waals surface area contributed by atoms with Crippen molar-refractivity contribution in [2.24, 2.45) is 5.73 Å². The summed E-state index contributed by atoms with van der Waals surface area (Å²) in [4.78, 5) is 12.9. The predicted molar refractivity (Wildman–Crippen MR) is 67.3 cm³/mol. The van der Waals surface area contributed by atoms with Gasteiger partial charge in [0.25, 0.3) is 0 Å². The van der Waals surface area contributed by atoms with E-state index in [4.69, 9.17) is 10.5 Å². The van der Waals surface area contributed by atoms with Gasteiger partial charge in [0.05, 0.1) is 0 Å². The van der Waals surface area contributed by atoms with Gasteiger partial charge in [0.15, 0.2) is 0 Å². The number of ether oxygens (including phenoxy) is 1. The van der Waals surface area contributed by atoms with Gasteiger partial charge in [0.2, 0.25) is 0 Å². The summed E-state index contributed by atoms with van der Waals surface area (Å²) in [6, 6.07) is 0. The molecule has 0 aliphatic carbocycles. The average molecular weight is 305 g/mol. The molecule has 1 rings (SSSR count). The van der Waals surface area contributed by atoms with Gasteiger partial charge in [0.1, 0.15) is 11.1 Å². The van der Waals surface area contributed by atoms with Crippen molar-refractivity contribution in [2.45, 2.75) is 50.9 Å². The lowest BCUT2D eigenvalue weighted by atomic mass is 9.88. The minimum absolute atomic E-state index is 0. The van der Waals surface area contributed by atoms with E-state index in [9.17, 15) is 18.0 Å². The maximum atomic E-state index is 12.7. The normalized spacial score (nSPS) is 19.6. The van der Waals surface area contributed by atoms with Gasteiger partial charge in [-0.25, -0.2) is 4.79 Å². The molecule has 19 heavy (non-hydrogen) atoms. The summed E-state index contributed by atoms with van der Waals surface area (Å²) < 4.78 is 43.1. The Hall–Kier alpha value is -0.690. The molecule has 0 aromatic carbocycles. The van der Waals surface area contributed by atoms with Crippen molar-refractivity contribution in [3.63, 3.8) is 0 Å². The molecular weight excluding hydrogens is 285 g/mol. The van der Waals surface area contributed by atoms with Crippen molar-refractivity contribution < 1.29 is 22.7 Å². The van der Waals surface area contributed by atoms with E-state index in [2.05, 4.69) is 0 Å². The van der Waals surface area contributed by atoms with Crippen LogP contribution in [0.3, 0.4) is 0 Å². The maximum Gasteiger partial charge on any atom is 0.410 e. The second kappa shape index (κ2) is 5.75.